The molecule has 0 aliphatic carbocycles. The highest BCUT2D eigenvalue weighted by Crippen LogP contribution is 2.19. The zero-order valence-corrected chi connectivity index (χ0v) is 10.7. The number of amides is 1. The number of rotatable bonds is 5. The fourth-order valence-corrected chi connectivity index (χ4v) is 2.17. The van der Waals surface area contributed by atoms with Crippen LogP contribution in [0.2, 0.25) is 0 Å². The van der Waals surface area contributed by atoms with E-state index < -0.39 is 11.9 Å². The lowest BCUT2D eigenvalue weighted by atomic mass is 10.0. The second kappa shape index (κ2) is 5.83. The molecule has 1 aromatic rings. The number of ether oxygens (including phenoxy) is 1. The Morgan fingerprint density at radius 1 is 1.53 bits per heavy atom. The van der Waals surface area contributed by atoms with E-state index >= 15 is 0 Å². The molecule has 0 aromatic carbocycles. The zero-order chi connectivity index (χ0) is 13.8. The lowest BCUT2D eigenvalue weighted by Gasteiger charge is -2.26. The summed E-state index contributed by atoms with van der Waals surface area (Å²) in [5.41, 5.74) is 0. The Bertz CT molecular complexity index is 446. The minimum absolute atomic E-state index is 0.0875. The quantitative estimate of drug-likeness (QED) is 0.800. The maximum Gasteiger partial charge on any atom is 0.311 e. The summed E-state index contributed by atoms with van der Waals surface area (Å²) in [6, 6.07) is -0.382. The number of likely N-dealkylation sites (N-methyl/N-ethyl adjacent to an activating group) is 1. The van der Waals surface area contributed by atoms with Crippen molar-refractivity contribution in [2.75, 3.05) is 20.3 Å². The largest absolute Gasteiger partial charge is 0.481 e. The first-order valence-corrected chi connectivity index (χ1v) is 6.11. The summed E-state index contributed by atoms with van der Waals surface area (Å²) in [6.45, 7) is 0.984. The van der Waals surface area contributed by atoms with E-state index in [1.807, 2.05) is 4.57 Å². The molecular weight excluding hydrogens is 250 g/mol. The molecule has 2 heterocycles. The average Bonchev–Trinajstić information content (AvgIpc) is 3.05. The van der Waals surface area contributed by atoms with Crippen LogP contribution in [-0.4, -0.2) is 57.7 Å². The van der Waals surface area contributed by atoms with E-state index in [1.165, 1.54) is 4.90 Å². The van der Waals surface area contributed by atoms with Crippen LogP contribution in [0.4, 0.5) is 0 Å². The maximum atomic E-state index is 12.0. The lowest BCUT2D eigenvalue weighted by molar-refractivity contribution is -0.144. The molecule has 7 nitrogen and oxygen atoms in total. The van der Waals surface area contributed by atoms with Crippen molar-refractivity contribution < 1.29 is 19.4 Å². The van der Waals surface area contributed by atoms with Gasteiger partial charge in [-0.25, -0.2) is 4.98 Å². The zero-order valence-electron chi connectivity index (χ0n) is 10.7. The van der Waals surface area contributed by atoms with Gasteiger partial charge in [-0.2, -0.15) is 0 Å². The van der Waals surface area contributed by atoms with Crippen molar-refractivity contribution in [1.29, 1.82) is 0 Å². The minimum Gasteiger partial charge on any atom is -0.481 e. The fraction of sp³-hybridized carbons (Fsp3) is 0.583. The van der Waals surface area contributed by atoms with Crippen LogP contribution in [0.3, 0.4) is 0 Å². The number of imidazole rings is 1. The molecule has 2 rings (SSSR count). The normalized spacial score (nSPS) is 22.4. The monoisotopic (exact) mass is 267 g/mol. The predicted octanol–water partition coefficient (Wildman–Crippen LogP) is -0.169. The minimum atomic E-state index is -0.920. The van der Waals surface area contributed by atoms with Crippen molar-refractivity contribution in [2.24, 2.45) is 5.92 Å². The molecule has 2 atom stereocenters. The molecule has 1 amide bonds. The van der Waals surface area contributed by atoms with Crippen molar-refractivity contribution in [3.05, 3.63) is 18.7 Å². The molecular formula is C12H17N3O4. The van der Waals surface area contributed by atoms with Gasteiger partial charge in [0.2, 0.25) is 5.91 Å². The third kappa shape index (κ3) is 3.11. The van der Waals surface area contributed by atoms with Crippen molar-refractivity contribution in [1.82, 2.24) is 14.5 Å². The van der Waals surface area contributed by atoms with Crippen molar-refractivity contribution in [2.45, 2.75) is 19.0 Å². The topological polar surface area (TPSA) is 84.7 Å². The van der Waals surface area contributed by atoms with Crippen LogP contribution in [0.25, 0.3) is 0 Å². The average molecular weight is 267 g/mol. The number of aromatic nitrogens is 2. The Labute approximate surface area is 110 Å². The number of carbonyl (C=O) groups is 2. The van der Waals surface area contributed by atoms with Gasteiger partial charge in [-0.3, -0.25) is 9.59 Å². The summed E-state index contributed by atoms with van der Waals surface area (Å²) in [7, 11) is 1.63. The molecule has 2 unspecified atom stereocenters. The fourth-order valence-electron chi connectivity index (χ4n) is 2.17. The van der Waals surface area contributed by atoms with Gasteiger partial charge in [0, 0.05) is 32.4 Å². The Morgan fingerprint density at radius 3 is 2.95 bits per heavy atom. The number of hydrogen-bond donors (Lipinski definition) is 1. The molecule has 0 saturated carbocycles. The van der Waals surface area contributed by atoms with Crippen LogP contribution in [-0.2, 0) is 20.9 Å². The molecule has 104 valence electrons. The van der Waals surface area contributed by atoms with Crippen LogP contribution in [0.15, 0.2) is 18.7 Å². The Hall–Kier alpha value is -1.89. The molecule has 0 bridgehead atoms. The highest BCUT2D eigenvalue weighted by Gasteiger charge is 2.38. The molecule has 1 aliphatic heterocycles. The van der Waals surface area contributed by atoms with Gasteiger partial charge in [-0.15, -0.1) is 0 Å². The number of carboxylic acids is 1. The first kappa shape index (κ1) is 13.5. The molecule has 1 aliphatic rings. The number of carbonyl (C=O) groups excluding carboxylic acids is 1. The second-order valence-corrected chi connectivity index (χ2v) is 4.60. The van der Waals surface area contributed by atoms with Crippen LogP contribution >= 0.6 is 0 Å². The predicted molar refractivity (Wildman–Crippen MR) is 65.3 cm³/mol. The summed E-state index contributed by atoms with van der Waals surface area (Å²) in [6.07, 6.45) is 5.40. The number of hydrogen-bond acceptors (Lipinski definition) is 4. The van der Waals surface area contributed by atoms with Gasteiger partial charge in [0.25, 0.3) is 0 Å². The molecule has 0 radical (unpaired) electrons. The van der Waals surface area contributed by atoms with Gasteiger partial charge >= 0.3 is 5.97 Å². The molecule has 1 aromatic heterocycles. The van der Waals surface area contributed by atoms with Crippen molar-refractivity contribution >= 4 is 11.9 Å². The Morgan fingerprint density at radius 2 is 2.32 bits per heavy atom. The molecule has 1 saturated heterocycles. The van der Waals surface area contributed by atoms with E-state index in [0.717, 1.165) is 0 Å². The van der Waals surface area contributed by atoms with E-state index in [4.69, 9.17) is 9.84 Å². The van der Waals surface area contributed by atoms with Crippen molar-refractivity contribution in [3.63, 3.8) is 0 Å². The summed E-state index contributed by atoms with van der Waals surface area (Å²) < 4.78 is 6.97. The smallest absolute Gasteiger partial charge is 0.311 e. The molecule has 1 N–H and O–H groups in total. The van der Waals surface area contributed by atoms with Gasteiger partial charge in [-0.1, -0.05) is 0 Å². The van der Waals surface area contributed by atoms with E-state index in [-0.39, 0.29) is 25.2 Å². The summed E-state index contributed by atoms with van der Waals surface area (Å²) in [5.74, 6) is -1.64. The molecule has 19 heavy (non-hydrogen) atoms. The Kier molecular flexibility index (Phi) is 4.16. The van der Waals surface area contributed by atoms with E-state index in [0.29, 0.717) is 13.0 Å². The van der Waals surface area contributed by atoms with E-state index in [2.05, 4.69) is 4.98 Å². The molecule has 0 spiro atoms. The van der Waals surface area contributed by atoms with Gasteiger partial charge in [0.05, 0.1) is 25.6 Å². The van der Waals surface area contributed by atoms with Gasteiger partial charge in [0.1, 0.15) is 5.92 Å². The lowest BCUT2D eigenvalue weighted by Crippen LogP contribution is -2.44. The van der Waals surface area contributed by atoms with Crippen LogP contribution < -0.4 is 0 Å². The van der Waals surface area contributed by atoms with Crippen LogP contribution in [0, 0.1) is 5.92 Å². The van der Waals surface area contributed by atoms with Gasteiger partial charge < -0.3 is 19.3 Å². The maximum absolute atomic E-state index is 12.0. The van der Waals surface area contributed by atoms with Crippen LogP contribution in [0.5, 0.6) is 0 Å². The number of carboxylic acid groups (broad SMARTS) is 1. The van der Waals surface area contributed by atoms with E-state index in [9.17, 15) is 9.59 Å². The highest BCUT2D eigenvalue weighted by molar-refractivity contribution is 5.78. The van der Waals surface area contributed by atoms with Crippen molar-refractivity contribution in [3.8, 4) is 0 Å². The summed E-state index contributed by atoms with van der Waals surface area (Å²) in [4.78, 5) is 28.5. The molecule has 7 heteroatoms. The number of aryl methyl sites for hydroxylation is 1. The first-order chi connectivity index (χ1) is 9.09. The number of aliphatic carboxylic acids is 1. The first-order valence-electron chi connectivity index (χ1n) is 6.11. The summed E-state index contributed by atoms with van der Waals surface area (Å²) in [5, 5.41) is 9.06. The summed E-state index contributed by atoms with van der Waals surface area (Å²) >= 11 is 0. The number of nitrogens with zero attached hydrogens (tertiary/aromatic N) is 3. The SMILES string of the molecule is CN(C(=O)CCn1ccnc1)C1COCC1C(=O)O. The Balaban J connectivity index is 1.89. The molecule has 1 fully saturated rings. The van der Waals surface area contributed by atoms with Crippen LogP contribution in [0.1, 0.15) is 6.42 Å². The highest BCUT2D eigenvalue weighted by atomic mass is 16.5. The standard InChI is InChI=1S/C12H17N3O4/c1-14(10-7-19-6-9(10)12(17)18)11(16)2-4-15-5-3-13-8-15/h3,5,8-10H,2,4,6-7H2,1H3,(H,17,18). The third-order valence-corrected chi connectivity index (χ3v) is 3.40. The second-order valence-electron chi connectivity index (χ2n) is 4.60. The van der Waals surface area contributed by atoms with Gasteiger partial charge in [-0.05, 0) is 0 Å². The third-order valence-electron chi connectivity index (χ3n) is 3.40. The van der Waals surface area contributed by atoms with Gasteiger partial charge in [0.15, 0.2) is 0 Å². The van der Waals surface area contributed by atoms with E-state index in [1.54, 1.807) is 25.8 Å².